The third-order valence-electron chi connectivity index (χ3n) is 6.20. The van der Waals surface area contributed by atoms with Gasteiger partial charge in [-0.3, -0.25) is 4.79 Å². The van der Waals surface area contributed by atoms with Crippen LogP contribution in [0.3, 0.4) is 0 Å². The summed E-state index contributed by atoms with van der Waals surface area (Å²) in [6.07, 6.45) is 0.751. The monoisotopic (exact) mass is 469 g/mol. The summed E-state index contributed by atoms with van der Waals surface area (Å²) < 4.78 is 10.8. The van der Waals surface area contributed by atoms with Crippen LogP contribution in [0.5, 0.6) is 11.5 Å². The predicted molar refractivity (Wildman–Crippen MR) is 134 cm³/mol. The van der Waals surface area contributed by atoms with Gasteiger partial charge in [-0.05, 0) is 78.1 Å². The van der Waals surface area contributed by atoms with Crippen molar-refractivity contribution in [2.75, 3.05) is 19.8 Å². The summed E-state index contributed by atoms with van der Waals surface area (Å²) in [5, 5.41) is 12.9. The summed E-state index contributed by atoms with van der Waals surface area (Å²) in [7, 11) is 0. The summed E-state index contributed by atoms with van der Waals surface area (Å²) >= 11 is 0. The first-order chi connectivity index (χ1) is 16.0. The van der Waals surface area contributed by atoms with Crippen LogP contribution in [0.2, 0.25) is 0 Å². The summed E-state index contributed by atoms with van der Waals surface area (Å²) in [5.74, 6) is 0.848. The van der Waals surface area contributed by atoms with Crippen molar-refractivity contribution in [1.29, 1.82) is 0 Å². The quantitative estimate of drug-likeness (QED) is 0.355. The van der Waals surface area contributed by atoms with Crippen LogP contribution in [0.4, 0.5) is 0 Å². The Morgan fingerprint density at radius 3 is 2.24 bits per heavy atom. The molecule has 2 rings (SSSR count). The van der Waals surface area contributed by atoms with Crippen LogP contribution in [0, 0.1) is 25.7 Å². The zero-order valence-corrected chi connectivity index (χ0v) is 21.5. The van der Waals surface area contributed by atoms with Crippen molar-refractivity contribution in [2.24, 2.45) is 11.8 Å². The Labute approximate surface area is 203 Å². The van der Waals surface area contributed by atoms with Crippen molar-refractivity contribution in [1.82, 2.24) is 5.32 Å². The fourth-order valence-corrected chi connectivity index (χ4v) is 3.68. The number of esters is 1. The van der Waals surface area contributed by atoms with Gasteiger partial charge in [0.15, 0.2) is 6.61 Å². The van der Waals surface area contributed by atoms with Crippen molar-refractivity contribution in [3.63, 3.8) is 0 Å². The van der Waals surface area contributed by atoms with Crippen LogP contribution in [0.25, 0.3) is 0 Å². The van der Waals surface area contributed by atoms with Gasteiger partial charge in [0.25, 0.3) is 0 Å². The first-order valence-corrected chi connectivity index (χ1v) is 12.0. The molecule has 34 heavy (non-hydrogen) atoms. The molecule has 2 N–H and O–H groups in total. The van der Waals surface area contributed by atoms with Gasteiger partial charge in [-0.15, -0.1) is 0 Å². The lowest BCUT2D eigenvalue weighted by atomic mass is 9.93. The number of hydrogen-bond donors (Lipinski definition) is 2. The molecule has 1 unspecified atom stereocenters. The molecule has 0 aliphatic heterocycles. The van der Waals surface area contributed by atoms with Crippen molar-refractivity contribution in [2.45, 2.75) is 60.8 Å². The SMILES string of the molecule is Cc1cc(OCC(=O)OCCNC(=O)C(C)C(C)C)cc(C)c1Cc1ccc(O)c(C(C)C)c1. The van der Waals surface area contributed by atoms with Crippen molar-refractivity contribution in [3.05, 3.63) is 58.1 Å². The largest absolute Gasteiger partial charge is 0.508 e. The topological polar surface area (TPSA) is 84.9 Å². The molecule has 1 amide bonds. The summed E-state index contributed by atoms with van der Waals surface area (Å²) in [5.41, 5.74) is 5.43. The molecule has 6 heteroatoms. The summed E-state index contributed by atoms with van der Waals surface area (Å²) in [6, 6.07) is 9.62. The highest BCUT2D eigenvalue weighted by atomic mass is 16.6. The van der Waals surface area contributed by atoms with Crippen LogP contribution < -0.4 is 10.1 Å². The number of ether oxygens (including phenoxy) is 2. The maximum Gasteiger partial charge on any atom is 0.344 e. The van der Waals surface area contributed by atoms with Gasteiger partial charge in [-0.2, -0.15) is 0 Å². The number of nitrogens with one attached hydrogen (secondary N) is 1. The summed E-state index contributed by atoms with van der Waals surface area (Å²) in [6.45, 7) is 14.3. The molecule has 0 saturated carbocycles. The average Bonchev–Trinajstić information content (AvgIpc) is 2.77. The number of carbonyl (C=O) groups is 2. The van der Waals surface area contributed by atoms with E-state index in [4.69, 9.17) is 9.47 Å². The van der Waals surface area contributed by atoms with Crippen molar-refractivity contribution < 1.29 is 24.2 Å². The number of aromatic hydroxyl groups is 1. The van der Waals surface area contributed by atoms with Gasteiger partial charge < -0.3 is 19.9 Å². The molecule has 2 aromatic carbocycles. The van der Waals surface area contributed by atoms with E-state index in [0.29, 0.717) is 11.5 Å². The number of amides is 1. The lowest BCUT2D eigenvalue weighted by molar-refractivity contribution is -0.146. The molecule has 6 nitrogen and oxygen atoms in total. The Kier molecular flexibility index (Phi) is 9.97. The van der Waals surface area contributed by atoms with E-state index in [1.54, 1.807) is 6.07 Å². The molecule has 0 fully saturated rings. The van der Waals surface area contributed by atoms with E-state index in [9.17, 15) is 14.7 Å². The fraction of sp³-hybridized carbons (Fsp3) is 0.500. The molecular weight excluding hydrogens is 430 g/mol. The van der Waals surface area contributed by atoms with E-state index in [-0.39, 0.29) is 43.4 Å². The standard InChI is InChI=1S/C28H39NO5/c1-17(2)21(7)28(32)29-10-11-33-27(31)16-34-23-12-19(5)25(20(6)13-23)15-22-8-9-26(30)24(14-22)18(3)4/h8-9,12-14,17-18,21,30H,10-11,15-16H2,1-7H3,(H,29,32). The molecule has 0 heterocycles. The van der Waals surface area contributed by atoms with Crippen LogP contribution >= 0.6 is 0 Å². The molecule has 0 aliphatic carbocycles. The van der Waals surface area contributed by atoms with Crippen LogP contribution in [-0.4, -0.2) is 36.7 Å². The number of aryl methyl sites for hydroxylation is 2. The summed E-state index contributed by atoms with van der Waals surface area (Å²) in [4.78, 5) is 23.9. The van der Waals surface area contributed by atoms with E-state index < -0.39 is 5.97 Å². The molecule has 0 aromatic heterocycles. The molecule has 0 aliphatic rings. The highest BCUT2D eigenvalue weighted by Crippen LogP contribution is 2.29. The Morgan fingerprint density at radius 1 is 1.00 bits per heavy atom. The third kappa shape index (κ3) is 7.79. The van der Waals surface area contributed by atoms with Gasteiger partial charge >= 0.3 is 5.97 Å². The predicted octanol–water partition coefficient (Wildman–Crippen LogP) is 5.05. The zero-order chi connectivity index (χ0) is 25.4. The van der Waals surface area contributed by atoms with E-state index in [1.165, 1.54) is 5.56 Å². The van der Waals surface area contributed by atoms with Crippen LogP contribution in [-0.2, 0) is 20.7 Å². The number of carbonyl (C=O) groups excluding carboxylic acids is 2. The fourth-order valence-electron chi connectivity index (χ4n) is 3.68. The van der Waals surface area contributed by atoms with Gasteiger partial charge in [-0.1, -0.05) is 46.8 Å². The van der Waals surface area contributed by atoms with Gasteiger partial charge in [0.1, 0.15) is 18.1 Å². The van der Waals surface area contributed by atoms with Crippen molar-refractivity contribution in [3.8, 4) is 11.5 Å². The average molecular weight is 470 g/mol. The molecule has 0 bridgehead atoms. The van der Waals surface area contributed by atoms with Gasteiger partial charge in [0, 0.05) is 5.92 Å². The lowest BCUT2D eigenvalue weighted by Gasteiger charge is -2.16. The minimum atomic E-state index is -0.476. The van der Waals surface area contributed by atoms with Crippen LogP contribution in [0.1, 0.15) is 68.4 Å². The molecule has 0 spiro atoms. The number of rotatable bonds is 11. The molecule has 2 aromatic rings. The normalized spacial score (nSPS) is 12.0. The van der Waals surface area contributed by atoms with E-state index in [1.807, 2.05) is 52.8 Å². The third-order valence-corrected chi connectivity index (χ3v) is 6.20. The molecular formula is C28H39NO5. The zero-order valence-electron chi connectivity index (χ0n) is 21.5. The number of phenols is 1. The maximum atomic E-state index is 12.0. The Balaban J connectivity index is 1.88. The second kappa shape index (κ2) is 12.4. The number of benzene rings is 2. The molecule has 186 valence electrons. The van der Waals surface area contributed by atoms with Crippen LogP contribution in [0.15, 0.2) is 30.3 Å². The van der Waals surface area contributed by atoms with Gasteiger partial charge in [0.05, 0.1) is 6.54 Å². The lowest BCUT2D eigenvalue weighted by Crippen LogP contribution is -2.34. The Hall–Kier alpha value is -3.02. The minimum Gasteiger partial charge on any atom is -0.508 e. The van der Waals surface area contributed by atoms with Gasteiger partial charge in [-0.25, -0.2) is 4.79 Å². The highest BCUT2D eigenvalue weighted by molar-refractivity contribution is 5.78. The first kappa shape index (κ1) is 27.2. The Morgan fingerprint density at radius 2 is 1.65 bits per heavy atom. The van der Waals surface area contributed by atoms with E-state index in [2.05, 4.69) is 25.2 Å². The number of hydrogen-bond acceptors (Lipinski definition) is 5. The molecule has 1 atom stereocenters. The minimum absolute atomic E-state index is 0.0407. The second-order valence-corrected chi connectivity index (χ2v) is 9.59. The molecule has 0 saturated heterocycles. The second-order valence-electron chi connectivity index (χ2n) is 9.59. The number of phenolic OH excluding ortho intramolecular Hbond substituents is 1. The van der Waals surface area contributed by atoms with E-state index >= 15 is 0 Å². The van der Waals surface area contributed by atoms with Gasteiger partial charge in [0.2, 0.25) is 5.91 Å². The Bertz CT molecular complexity index is 973. The smallest absolute Gasteiger partial charge is 0.344 e. The highest BCUT2D eigenvalue weighted by Gasteiger charge is 2.16. The molecule has 0 radical (unpaired) electrons. The van der Waals surface area contributed by atoms with E-state index in [0.717, 1.165) is 28.7 Å². The van der Waals surface area contributed by atoms with Crippen molar-refractivity contribution >= 4 is 11.9 Å². The first-order valence-electron chi connectivity index (χ1n) is 12.0. The maximum absolute atomic E-state index is 12.0.